The number of nitrogen functional groups attached to an aromatic ring is 1. The lowest BCUT2D eigenvalue weighted by atomic mass is 10.3. The van der Waals surface area contributed by atoms with Gasteiger partial charge in [0.2, 0.25) is 0 Å². The van der Waals surface area contributed by atoms with Gasteiger partial charge in [-0.1, -0.05) is 6.92 Å². The Morgan fingerprint density at radius 2 is 2.22 bits per heavy atom. The van der Waals surface area contributed by atoms with Gasteiger partial charge in [0.1, 0.15) is 0 Å². The maximum Gasteiger partial charge on any atom is 0.187 e. The lowest BCUT2D eigenvalue weighted by Gasteiger charge is -2.05. The van der Waals surface area contributed by atoms with Crippen molar-refractivity contribution in [2.45, 2.75) is 26.8 Å². The van der Waals surface area contributed by atoms with E-state index in [0.29, 0.717) is 5.82 Å². The van der Waals surface area contributed by atoms with Gasteiger partial charge in [-0.25, -0.2) is 20.2 Å². The third-order valence-corrected chi connectivity index (χ3v) is 2.50. The summed E-state index contributed by atoms with van der Waals surface area (Å²) in [7, 11) is 0. The van der Waals surface area contributed by atoms with Gasteiger partial charge in [0, 0.05) is 12.7 Å². The van der Waals surface area contributed by atoms with E-state index in [1.54, 1.807) is 17.8 Å². The van der Waals surface area contributed by atoms with Crippen LogP contribution in [0.5, 0.6) is 0 Å². The molecule has 0 amide bonds. The normalized spacial score (nSPS) is 10.7. The first kappa shape index (κ1) is 12.4. The molecule has 0 atom stereocenters. The number of nitrogens with zero attached hydrogens (tertiary/aromatic N) is 4. The fourth-order valence-electron chi connectivity index (χ4n) is 1.61. The second-order valence-corrected chi connectivity index (χ2v) is 3.93. The Balaban J connectivity index is 2.40. The van der Waals surface area contributed by atoms with Gasteiger partial charge in [0.25, 0.3) is 0 Å². The van der Waals surface area contributed by atoms with Gasteiger partial charge < -0.3 is 5.43 Å². The first-order valence-electron chi connectivity index (χ1n) is 5.69. The topological polar surface area (TPSA) is 81.7 Å². The molecular formula is C11H15FN6. The molecule has 2 aromatic rings. The van der Waals surface area contributed by atoms with Crippen LogP contribution in [0.2, 0.25) is 0 Å². The summed E-state index contributed by atoms with van der Waals surface area (Å²) in [5, 5.41) is 4.18. The minimum absolute atomic E-state index is 0.0132. The molecule has 0 fully saturated rings. The summed E-state index contributed by atoms with van der Waals surface area (Å²) in [6.45, 7) is 4.45. The van der Waals surface area contributed by atoms with E-state index >= 15 is 0 Å². The molecule has 2 aromatic heterocycles. The van der Waals surface area contributed by atoms with Crippen LogP contribution >= 0.6 is 0 Å². The zero-order chi connectivity index (χ0) is 13.1. The molecule has 0 bridgehead atoms. The highest BCUT2D eigenvalue weighted by molar-refractivity contribution is 5.55. The molecule has 0 unspecified atom stereocenters. The standard InChI is InChI=1S/C11H15FN6/c1-3-4-18-6-8(5-14-18)10-15-7(2)9(12)11(16-10)17-13/h5-6H,3-4,13H2,1-2H3,(H,15,16,17). The van der Waals surface area contributed by atoms with Gasteiger partial charge >= 0.3 is 0 Å². The highest BCUT2D eigenvalue weighted by atomic mass is 19.1. The van der Waals surface area contributed by atoms with Gasteiger partial charge in [0.15, 0.2) is 17.5 Å². The van der Waals surface area contributed by atoms with Crippen LogP contribution in [0.1, 0.15) is 19.0 Å². The number of rotatable bonds is 4. The van der Waals surface area contributed by atoms with Crippen LogP contribution in [-0.2, 0) is 6.54 Å². The molecule has 0 saturated carbocycles. The average molecular weight is 250 g/mol. The van der Waals surface area contributed by atoms with Crippen molar-refractivity contribution >= 4 is 5.82 Å². The predicted octanol–water partition coefficient (Wildman–Crippen LogP) is 1.48. The lowest BCUT2D eigenvalue weighted by Crippen LogP contribution is -2.12. The zero-order valence-electron chi connectivity index (χ0n) is 10.3. The third kappa shape index (κ3) is 2.30. The van der Waals surface area contributed by atoms with Crippen LogP contribution in [0, 0.1) is 12.7 Å². The van der Waals surface area contributed by atoms with E-state index in [2.05, 4.69) is 27.4 Å². The number of halogens is 1. The van der Waals surface area contributed by atoms with E-state index < -0.39 is 5.82 Å². The Hall–Kier alpha value is -2.02. The molecule has 2 heterocycles. The molecule has 2 rings (SSSR count). The average Bonchev–Trinajstić information content (AvgIpc) is 2.81. The third-order valence-electron chi connectivity index (χ3n) is 2.50. The molecule has 0 radical (unpaired) electrons. The van der Waals surface area contributed by atoms with Crippen LogP contribution in [0.4, 0.5) is 10.2 Å². The van der Waals surface area contributed by atoms with Crippen molar-refractivity contribution in [1.29, 1.82) is 0 Å². The smallest absolute Gasteiger partial charge is 0.187 e. The highest BCUT2D eigenvalue weighted by Gasteiger charge is 2.12. The van der Waals surface area contributed by atoms with Gasteiger partial charge in [-0.2, -0.15) is 5.10 Å². The van der Waals surface area contributed by atoms with Gasteiger partial charge in [-0.3, -0.25) is 4.68 Å². The first-order valence-corrected chi connectivity index (χ1v) is 5.69. The number of aryl methyl sites for hydroxylation is 2. The molecule has 96 valence electrons. The summed E-state index contributed by atoms with van der Waals surface area (Å²) in [4.78, 5) is 8.11. The van der Waals surface area contributed by atoms with Gasteiger partial charge in [-0.05, 0) is 13.3 Å². The first-order chi connectivity index (χ1) is 8.65. The van der Waals surface area contributed by atoms with E-state index in [0.717, 1.165) is 18.5 Å². The SMILES string of the molecule is CCCn1cc(-c2nc(C)c(F)c(NN)n2)cn1. The fourth-order valence-corrected chi connectivity index (χ4v) is 1.61. The number of hydrogen-bond acceptors (Lipinski definition) is 5. The fraction of sp³-hybridized carbons (Fsp3) is 0.364. The Morgan fingerprint density at radius 1 is 1.44 bits per heavy atom. The Bertz CT molecular complexity index is 550. The monoisotopic (exact) mass is 250 g/mol. The van der Waals surface area contributed by atoms with Gasteiger partial charge in [0.05, 0.1) is 17.5 Å². The van der Waals surface area contributed by atoms with Crippen LogP contribution in [0.3, 0.4) is 0 Å². The molecule has 6 nitrogen and oxygen atoms in total. The van der Waals surface area contributed by atoms with E-state index in [-0.39, 0.29) is 11.5 Å². The van der Waals surface area contributed by atoms with Crippen molar-refractivity contribution in [1.82, 2.24) is 19.7 Å². The zero-order valence-corrected chi connectivity index (χ0v) is 10.3. The summed E-state index contributed by atoms with van der Waals surface area (Å²) in [5.74, 6) is 5.07. The van der Waals surface area contributed by atoms with Crippen molar-refractivity contribution in [2.75, 3.05) is 5.43 Å². The maximum absolute atomic E-state index is 13.5. The number of nitrogens with one attached hydrogen (secondary N) is 1. The Morgan fingerprint density at radius 3 is 2.89 bits per heavy atom. The second-order valence-electron chi connectivity index (χ2n) is 3.93. The summed E-state index contributed by atoms with van der Waals surface area (Å²) < 4.78 is 15.3. The van der Waals surface area contributed by atoms with E-state index in [1.165, 1.54) is 0 Å². The molecule has 0 saturated heterocycles. The molecule has 0 aliphatic carbocycles. The molecule has 0 aromatic carbocycles. The quantitative estimate of drug-likeness (QED) is 0.634. The van der Waals surface area contributed by atoms with Crippen molar-refractivity contribution in [3.05, 3.63) is 23.9 Å². The Kier molecular flexibility index (Phi) is 3.52. The summed E-state index contributed by atoms with van der Waals surface area (Å²) in [6, 6.07) is 0. The maximum atomic E-state index is 13.5. The number of anilines is 1. The van der Waals surface area contributed by atoms with Crippen LogP contribution in [0.25, 0.3) is 11.4 Å². The van der Waals surface area contributed by atoms with Crippen molar-refractivity contribution in [3.8, 4) is 11.4 Å². The molecule has 0 aliphatic rings. The Labute approximate surface area is 104 Å². The number of aromatic nitrogens is 4. The van der Waals surface area contributed by atoms with E-state index in [9.17, 15) is 4.39 Å². The predicted molar refractivity (Wildman–Crippen MR) is 66.0 cm³/mol. The highest BCUT2D eigenvalue weighted by Crippen LogP contribution is 2.20. The summed E-state index contributed by atoms with van der Waals surface area (Å²) >= 11 is 0. The largest absolute Gasteiger partial charge is 0.306 e. The summed E-state index contributed by atoms with van der Waals surface area (Å²) in [6.07, 6.45) is 4.47. The molecule has 0 aliphatic heterocycles. The molecule has 3 N–H and O–H groups in total. The van der Waals surface area contributed by atoms with E-state index in [4.69, 9.17) is 5.84 Å². The molecule has 18 heavy (non-hydrogen) atoms. The van der Waals surface area contributed by atoms with E-state index in [1.807, 2.05) is 6.20 Å². The number of hydrazine groups is 1. The lowest BCUT2D eigenvalue weighted by molar-refractivity contribution is 0.602. The molecule has 7 heteroatoms. The van der Waals surface area contributed by atoms with Crippen LogP contribution in [0.15, 0.2) is 12.4 Å². The minimum Gasteiger partial charge on any atom is -0.306 e. The number of hydrogen-bond donors (Lipinski definition) is 2. The van der Waals surface area contributed by atoms with Gasteiger partial charge in [-0.15, -0.1) is 0 Å². The second kappa shape index (κ2) is 5.09. The molecular weight excluding hydrogens is 235 g/mol. The van der Waals surface area contributed by atoms with Crippen LogP contribution in [-0.4, -0.2) is 19.7 Å². The van der Waals surface area contributed by atoms with Crippen molar-refractivity contribution < 1.29 is 4.39 Å². The van der Waals surface area contributed by atoms with Crippen molar-refractivity contribution in [2.24, 2.45) is 5.84 Å². The number of nitrogens with two attached hydrogens (primary N) is 1. The minimum atomic E-state index is -0.540. The van der Waals surface area contributed by atoms with Crippen LogP contribution < -0.4 is 11.3 Å². The van der Waals surface area contributed by atoms with Crippen molar-refractivity contribution in [3.63, 3.8) is 0 Å². The molecule has 0 spiro atoms. The summed E-state index contributed by atoms with van der Waals surface area (Å²) in [5.41, 5.74) is 3.21.